The number of thioether (sulfide) groups is 1. The number of hydrogen-bond acceptors (Lipinski definition) is 5. The Morgan fingerprint density at radius 2 is 1.84 bits per heavy atom. The number of carbonyl (C=O) groups is 2. The summed E-state index contributed by atoms with van der Waals surface area (Å²) < 4.78 is 42.8. The molecule has 2 aliphatic heterocycles. The quantitative estimate of drug-likeness (QED) is 0.380. The Labute approximate surface area is 227 Å². The number of nitrogens with zero attached hydrogens (tertiary/aromatic N) is 3. The summed E-state index contributed by atoms with van der Waals surface area (Å²) in [5.74, 6) is -0.183. The summed E-state index contributed by atoms with van der Waals surface area (Å²) in [5, 5.41) is 3.97. The fraction of sp³-hybridized carbons (Fsp3) is 0.346. The van der Waals surface area contributed by atoms with E-state index in [1.807, 2.05) is 28.7 Å². The van der Waals surface area contributed by atoms with Gasteiger partial charge in [-0.25, -0.2) is 4.98 Å². The zero-order valence-electron chi connectivity index (χ0n) is 20.2. The SMILES string of the molecule is Cl.O=C(NCCCC1CCN(C(=O)c2ccc(OC(F)(F)F)cc2)CC1)C1=Cc2cnc3cccc(n23)S1. The first-order valence-electron chi connectivity index (χ1n) is 12.1. The van der Waals surface area contributed by atoms with Crippen LogP contribution in [0.15, 0.2) is 58.6 Å². The van der Waals surface area contributed by atoms with Crippen LogP contribution in [0.3, 0.4) is 0 Å². The molecular formula is C26H26ClF3N4O3S. The maximum atomic E-state index is 12.7. The van der Waals surface area contributed by atoms with Gasteiger partial charge in [0.25, 0.3) is 11.8 Å². The Balaban J connectivity index is 0.00000336. The molecule has 2 aromatic heterocycles. The fourth-order valence-corrected chi connectivity index (χ4v) is 5.69. The first-order valence-corrected chi connectivity index (χ1v) is 12.9. The fourth-order valence-electron chi connectivity index (χ4n) is 4.68. The Kier molecular flexibility index (Phi) is 8.57. The third-order valence-corrected chi connectivity index (χ3v) is 7.60. The molecule has 1 N–H and O–H groups in total. The van der Waals surface area contributed by atoms with E-state index in [-0.39, 0.29) is 30.0 Å². The van der Waals surface area contributed by atoms with Gasteiger partial charge in [-0.15, -0.1) is 25.6 Å². The molecule has 2 aliphatic rings. The number of amides is 2. The van der Waals surface area contributed by atoms with Gasteiger partial charge in [-0.3, -0.25) is 14.0 Å². The minimum Gasteiger partial charge on any atom is -0.406 e. The van der Waals surface area contributed by atoms with Gasteiger partial charge in [0.2, 0.25) is 0 Å². The summed E-state index contributed by atoms with van der Waals surface area (Å²) >= 11 is 1.43. The first kappa shape index (κ1) is 27.8. The minimum absolute atomic E-state index is 0. The number of piperidine rings is 1. The molecule has 3 aromatic rings. The van der Waals surface area contributed by atoms with Crippen molar-refractivity contribution in [3.05, 3.63) is 64.8 Å². The number of aromatic nitrogens is 2. The number of nitrogens with one attached hydrogen (secondary N) is 1. The summed E-state index contributed by atoms with van der Waals surface area (Å²) in [6, 6.07) is 10.8. The number of rotatable bonds is 7. The third kappa shape index (κ3) is 6.44. The number of hydrogen-bond donors (Lipinski definition) is 1. The lowest BCUT2D eigenvalue weighted by Gasteiger charge is -2.32. The molecule has 4 heterocycles. The van der Waals surface area contributed by atoms with E-state index in [1.54, 1.807) is 11.1 Å². The lowest BCUT2D eigenvalue weighted by atomic mass is 9.92. The molecule has 1 saturated heterocycles. The molecule has 0 spiro atoms. The average molecular weight is 567 g/mol. The van der Waals surface area contributed by atoms with Crippen LogP contribution in [0.5, 0.6) is 5.75 Å². The van der Waals surface area contributed by atoms with Gasteiger partial charge in [-0.05, 0) is 74.1 Å². The van der Waals surface area contributed by atoms with Gasteiger partial charge >= 0.3 is 6.36 Å². The largest absolute Gasteiger partial charge is 0.573 e. The number of pyridine rings is 1. The van der Waals surface area contributed by atoms with Gasteiger partial charge in [0.15, 0.2) is 0 Å². The zero-order valence-corrected chi connectivity index (χ0v) is 21.9. The van der Waals surface area contributed by atoms with Crippen LogP contribution >= 0.6 is 24.2 Å². The van der Waals surface area contributed by atoms with Crippen LogP contribution in [0.25, 0.3) is 11.7 Å². The molecule has 0 atom stereocenters. The van der Waals surface area contributed by atoms with E-state index < -0.39 is 6.36 Å². The van der Waals surface area contributed by atoms with Crippen molar-refractivity contribution in [2.75, 3.05) is 19.6 Å². The van der Waals surface area contributed by atoms with Gasteiger partial charge in [-0.2, -0.15) is 0 Å². The monoisotopic (exact) mass is 566 g/mol. The molecule has 1 fully saturated rings. The van der Waals surface area contributed by atoms with Crippen LogP contribution in [0.1, 0.15) is 41.7 Å². The summed E-state index contributed by atoms with van der Waals surface area (Å²) in [6.45, 7) is 1.77. The Hall–Kier alpha value is -3.18. The number of benzene rings is 1. The van der Waals surface area contributed by atoms with Crippen molar-refractivity contribution in [3.63, 3.8) is 0 Å². The van der Waals surface area contributed by atoms with Crippen LogP contribution in [0, 0.1) is 5.92 Å². The topological polar surface area (TPSA) is 75.9 Å². The molecule has 0 saturated carbocycles. The maximum Gasteiger partial charge on any atom is 0.573 e. The highest BCUT2D eigenvalue weighted by molar-refractivity contribution is 8.04. The highest BCUT2D eigenvalue weighted by atomic mass is 35.5. The molecule has 202 valence electrons. The molecule has 5 rings (SSSR count). The number of halogens is 4. The van der Waals surface area contributed by atoms with Crippen molar-refractivity contribution in [1.82, 2.24) is 19.6 Å². The first-order chi connectivity index (χ1) is 17.8. The van der Waals surface area contributed by atoms with Crippen molar-refractivity contribution in [1.29, 1.82) is 0 Å². The molecule has 12 heteroatoms. The van der Waals surface area contributed by atoms with E-state index in [2.05, 4.69) is 15.0 Å². The summed E-state index contributed by atoms with van der Waals surface area (Å²) in [4.78, 5) is 32.2. The molecule has 0 bridgehead atoms. The number of ether oxygens (including phenoxy) is 1. The second-order valence-electron chi connectivity index (χ2n) is 9.06. The number of alkyl halides is 3. The van der Waals surface area contributed by atoms with E-state index in [9.17, 15) is 22.8 Å². The molecule has 2 amide bonds. The molecule has 1 aromatic carbocycles. The predicted molar refractivity (Wildman–Crippen MR) is 140 cm³/mol. The number of imidazole rings is 1. The van der Waals surface area contributed by atoms with Crippen LogP contribution in [-0.2, 0) is 4.79 Å². The van der Waals surface area contributed by atoms with Crippen LogP contribution < -0.4 is 10.1 Å². The second kappa shape index (κ2) is 11.7. The van der Waals surface area contributed by atoms with Crippen molar-refractivity contribution >= 4 is 47.7 Å². The summed E-state index contributed by atoms with van der Waals surface area (Å²) in [6.07, 6.45) is 2.35. The summed E-state index contributed by atoms with van der Waals surface area (Å²) in [7, 11) is 0. The van der Waals surface area contributed by atoms with E-state index in [4.69, 9.17) is 0 Å². The molecule has 38 heavy (non-hydrogen) atoms. The molecule has 0 unspecified atom stereocenters. The van der Waals surface area contributed by atoms with E-state index >= 15 is 0 Å². The van der Waals surface area contributed by atoms with E-state index in [0.29, 0.717) is 36.0 Å². The molecule has 0 aliphatic carbocycles. The molecular weight excluding hydrogens is 541 g/mol. The van der Waals surface area contributed by atoms with Crippen LogP contribution in [0.4, 0.5) is 13.2 Å². The maximum absolute atomic E-state index is 12.7. The standard InChI is InChI=1S/C26H25F3N4O3S.ClH/c27-26(28,29)36-20-8-6-18(7-9-20)25(35)32-13-10-17(11-14-32)3-2-12-30-24(34)21-15-19-16-31-22-4-1-5-23(37-21)33(19)22;/h1,4-9,15-17H,2-3,10-14H2,(H,30,34);1H. The van der Waals surface area contributed by atoms with Gasteiger partial charge < -0.3 is 15.0 Å². The number of likely N-dealkylation sites (tertiary alicyclic amines) is 1. The van der Waals surface area contributed by atoms with Crippen molar-refractivity contribution in [2.24, 2.45) is 5.92 Å². The van der Waals surface area contributed by atoms with Gasteiger partial charge in [0, 0.05) is 25.2 Å². The third-order valence-electron chi connectivity index (χ3n) is 6.55. The predicted octanol–water partition coefficient (Wildman–Crippen LogP) is 5.55. The average Bonchev–Trinajstić information content (AvgIpc) is 3.30. The van der Waals surface area contributed by atoms with E-state index in [1.165, 1.54) is 23.9 Å². The van der Waals surface area contributed by atoms with Crippen LogP contribution in [-0.4, -0.2) is 52.1 Å². The van der Waals surface area contributed by atoms with Crippen molar-refractivity contribution in [3.8, 4) is 5.75 Å². The summed E-state index contributed by atoms with van der Waals surface area (Å²) in [5.41, 5.74) is 2.09. The Morgan fingerprint density at radius 3 is 2.55 bits per heavy atom. The van der Waals surface area contributed by atoms with Gasteiger partial charge in [0.05, 0.1) is 21.8 Å². The molecule has 0 radical (unpaired) electrons. The van der Waals surface area contributed by atoms with Crippen LogP contribution in [0.2, 0.25) is 0 Å². The van der Waals surface area contributed by atoms with E-state index in [0.717, 1.165) is 54.2 Å². The Bertz CT molecular complexity index is 1340. The highest BCUT2D eigenvalue weighted by Gasteiger charge is 2.31. The zero-order chi connectivity index (χ0) is 26.0. The highest BCUT2D eigenvalue weighted by Crippen LogP contribution is 2.34. The van der Waals surface area contributed by atoms with Gasteiger partial charge in [0.1, 0.15) is 11.4 Å². The Morgan fingerprint density at radius 1 is 1.11 bits per heavy atom. The smallest absolute Gasteiger partial charge is 0.406 e. The van der Waals surface area contributed by atoms with Gasteiger partial charge in [-0.1, -0.05) is 17.8 Å². The second-order valence-corrected chi connectivity index (χ2v) is 10.1. The lowest BCUT2D eigenvalue weighted by Crippen LogP contribution is -2.38. The normalized spacial score (nSPS) is 15.6. The molecule has 7 nitrogen and oxygen atoms in total. The van der Waals surface area contributed by atoms with Crippen molar-refractivity contribution in [2.45, 2.75) is 37.1 Å². The number of carbonyl (C=O) groups excluding carboxylic acids is 2. The lowest BCUT2D eigenvalue weighted by molar-refractivity contribution is -0.274. The minimum atomic E-state index is -4.76. The van der Waals surface area contributed by atoms with Crippen molar-refractivity contribution < 1.29 is 27.5 Å².